The number of carbonyl (C=O) groups excluding carboxylic acids is 2. The number of ether oxygens (including phenoxy) is 2. The van der Waals surface area contributed by atoms with Crippen molar-refractivity contribution in [2.24, 2.45) is 0 Å². The monoisotopic (exact) mass is 344 g/mol. The van der Waals surface area contributed by atoms with Gasteiger partial charge in [0.15, 0.2) is 0 Å². The van der Waals surface area contributed by atoms with Crippen molar-refractivity contribution in [3.63, 3.8) is 0 Å². The fourth-order valence-electron chi connectivity index (χ4n) is 2.70. The molecule has 0 fully saturated rings. The van der Waals surface area contributed by atoms with Crippen LogP contribution in [0.3, 0.4) is 0 Å². The molecule has 1 aliphatic carbocycles. The van der Waals surface area contributed by atoms with Gasteiger partial charge in [0.1, 0.15) is 0 Å². The summed E-state index contributed by atoms with van der Waals surface area (Å²) in [5, 5.41) is 8.75. The number of hydrogen-bond donors (Lipinski definition) is 1. The summed E-state index contributed by atoms with van der Waals surface area (Å²) < 4.78 is 54.2. The predicted octanol–water partition coefficient (Wildman–Crippen LogP) is 3.46. The first-order chi connectivity index (χ1) is 13.9. The second-order valence-electron chi connectivity index (χ2n) is 5.78. The van der Waals surface area contributed by atoms with Crippen molar-refractivity contribution in [1.82, 2.24) is 0 Å². The maximum absolute atomic E-state index is 12.8. The second-order valence-corrected chi connectivity index (χ2v) is 5.78. The molecule has 0 atom stereocenters. The number of methoxy groups -OCH3 is 2. The Morgan fingerprint density at radius 3 is 2.00 bits per heavy atom. The molecule has 0 radical (unpaired) electrons. The van der Waals surface area contributed by atoms with Gasteiger partial charge in [-0.3, -0.25) is 9.59 Å². The number of ketones is 2. The van der Waals surface area contributed by atoms with Crippen LogP contribution in [0.2, 0.25) is 0 Å². The Labute approximate surface area is 153 Å². The Kier molecular flexibility index (Phi) is 5.83. The van der Waals surface area contributed by atoms with Crippen LogP contribution in [-0.2, 0) is 19.1 Å². The summed E-state index contributed by atoms with van der Waals surface area (Å²) in [6, 6.07) is 0. The first kappa shape index (κ1) is 12.7. The minimum Gasteiger partial charge on any atom is -0.489 e. The Hall–Kier alpha value is -1.62. The van der Waals surface area contributed by atoms with Gasteiger partial charge in [-0.15, -0.1) is 0 Å². The molecule has 136 valence electrons. The normalized spacial score (nSPS) is 20.1. The lowest BCUT2D eigenvalue weighted by molar-refractivity contribution is -0.121. The van der Waals surface area contributed by atoms with Gasteiger partial charge in [-0.1, -0.05) is 38.5 Å². The molecule has 0 saturated heterocycles. The van der Waals surface area contributed by atoms with Crippen molar-refractivity contribution in [2.45, 2.75) is 64.6 Å². The van der Waals surface area contributed by atoms with Crippen LogP contribution in [0.25, 0.3) is 0 Å². The van der Waals surface area contributed by atoms with Gasteiger partial charge in [-0.2, -0.15) is 0 Å². The van der Waals surface area contributed by atoms with E-state index in [1.165, 1.54) is 0 Å². The molecule has 24 heavy (non-hydrogen) atoms. The average molecular weight is 344 g/mol. The molecule has 1 rings (SSSR count). The molecule has 0 aromatic rings. The topological polar surface area (TPSA) is 72.8 Å². The van der Waals surface area contributed by atoms with Crippen LogP contribution in [0, 0.1) is 0 Å². The molecule has 0 aliphatic heterocycles. The number of unbranched alkanes of at least 4 members (excludes halogenated alkanes) is 7. The predicted molar refractivity (Wildman–Crippen MR) is 92.4 cm³/mol. The Bertz CT molecular complexity index is 676. The average Bonchev–Trinajstić information content (AvgIpc) is 2.62. The molecule has 0 aromatic heterocycles. The van der Waals surface area contributed by atoms with E-state index >= 15 is 0 Å². The van der Waals surface area contributed by atoms with Crippen molar-refractivity contribution in [2.75, 3.05) is 20.8 Å². The van der Waals surface area contributed by atoms with E-state index in [4.69, 9.17) is 22.8 Å². The van der Waals surface area contributed by atoms with E-state index in [2.05, 4.69) is 0 Å². The molecular formula is C19H30O5. The molecule has 1 aliphatic rings. The third-order valence-electron chi connectivity index (χ3n) is 4.06. The molecule has 1 N–H and O–H groups in total. The molecule has 5 heteroatoms. The van der Waals surface area contributed by atoms with Gasteiger partial charge >= 0.3 is 0 Å². The highest BCUT2D eigenvalue weighted by atomic mass is 16.5. The van der Waals surface area contributed by atoms with Crippen molar-refractivity contribution < 1.29 is 32.4 Å². The number of allylic oxidation sites excluding steroid dienone is 2. The quantitative estimate of drug-likeness (QED) is 0.433. The van der Waals surface area contributed by atoms with Crippen molar-refractivity contribution in [1.29, 1.82) is 0 Å². The van der Waals surface area contributed by atoms with Crippen LogP contribution in [0.15, 0.2) is 22.7 Å². The zero-order valence-electron chi connectivity index (χ0n) is 20.2. The molecule has 0 amide bonds. The summed E-state index contributed by atoms with van der Waals surface area (Å²) in [7, 11) is -1.94. The first-order valence-corrected chi connectivity index (χ1v) is 8.35. The fourth-order valence-corrected chi connectivity index (χ4v) is 2.70. The first-order valence-electron chi connectivity index (χ1n) is 11.3. The Balaban J connectivity index is 2.89. The maximum atomic E-state index is 12.8. The lowest BCUT2D eigenvalue weighted by Gasteiger charge is -2.20. The van der Waals surface area contributed by atoms with Crippen LogP contribution in [0.1, 0.15) is 72.9 Å². The second kappa shape index (κ2) is 11.0. The molecule has 5 nitrogen and oxygen atoms in total. The lowest BCUT2D eigenvalue weighted by Crippen LogP contribution is -2.25. The van der Waals surface area contributed by atoms with Crippen molar-refractivity contribution >= 4 is 11.6 Å². The van der Waals surface area contributed by atoms with Crippen LogP contribution in [0.4, 0.5) is 0 Å². The Morgan fingerprint density at radius 2 is 1.46 bits per heavy atom. The van der Waals surface area contributed by atoms with E-state index in [-0.39, 0.29) is 18.6 Å². The van der Waals surface area contributed by atoms with Crippen LogP contribution < -0.4 is 0 Å². The maximum Gasteiger partial charge on any atom is 0.228 e. The van der Waals surface area contributed by atoms with Gasteiger partial charge in [0.25, 0.3) is 0 Å². The molecule has 0 heterocycles. The van der Waals surface area contributed by atoms with E-state index in [0.717, 1.165) is 52.1 Å². The standard InChI is InChI=1S/C19H30O5/c1-14-15(12-10-8-6-4-5-7-9-11-13-20)17(22)19(24-3)18(23-2)16(14)21/h20H,4-13H2,1-3H3/i1D3,3D3. The van der Waals surface area contributed by atoms with Crippen molar-refractivity contribution in [3.05, 3.63) is 22.7 Å². The smallest absolute Gasteiger partial charge is 0.228 e. The van der Waals surface area contributed by atoms with Gasteiger partial charge < -0.3 is 14.6 Å². The number of rotatable bonds is 12. The molecule has 0 bridgehead atoms. The Morgan fingerprint density at radius 1 is 0.875 bits per heavy atom. The lowest BCUT2D eigenvalue weighted by atomic mass is 9.89. The molecule has 0 saturated carbocycles. The number of hydrogen-bond acceptors (Lipinski definition) is 5. The van der Waals surface area contributed by atoms with E-state index in [9.17, 15) is 9.59 Å². The highest BCUT2D eigenvalue weighted by Gasteiger charge is 2.34. The van der Waals surface area contributed by atoms with E-state index in [0.29, 0.717) is 6.42 Å². The molecule has 0 spiro atoms. The fraction of sp³-hybridized carbons (Fsp3) is 0.684. The largest absolute Gasteiger partial charge is 0.489 e. The van der Waals surface area contributed by atoms with Crippen LogP contribution in [0.5, 0.6) is 0 Å². The third-order valence-corrected chi connectivity index (χ3v) is 4.06. The summed E-state index contributed by atoms with van der Waals surface area (Å²) in [5.41, 5.74) is -0.866. The summed E-state index contributed by atoms with van der Waals surface area (Å²) in [5.74, 6) is -3.45. The molecule has 0 aromatic carbocycles. The number of aliphatic hydroxyl groups excluding tert-OH is 1. The van der Waals surface area contributed by atoms with Gasteiger partial charge in [0, 0.05) is 21.9 Å². The summed E-state index contributed by atoms with van der Waals surface area (Å²) in [4.78, 5) is 25.5. The third kappa shape index (κ3) is 5.48. The SMILES string of the molecule is [2H]C([2H])([2H])OC1=C(OC)C(=O)C(C([2H])([2H])[2H])=C(CCCCCCCCCCO)C1=O. The highest BCUT2D eigenvalue weighted by Crippen LogP contribution is 2.28. The van der Waals surface area contributed by atoms with Gasteiger partial charge in [0.2, 0.25) is 23.1 Å². The number of carbonyl (C=O) groups is 2. The van der Waals surface area contributed by atoms with Gasteiger partial charge in [-0.05, 0) is 26.1 Å². The van der Waals surface area contributed by atoms with Gasteiger partial charge in [-0.25, -0.2) is 0 Å². The van der Waals surface area contributed by atoms with Gasteiger partial charge in [0.05, 0.1) is 18.3 Å². The minimum absolute atomic E-state index is 0.0354. The van der Waals surface area contributed by atoms with E-state index in [1.807, 2.05) is 0 Å². The summed E-state index contributed by atoms with van der Waals surface area (Å²) in [6.45, 7) is -2.65. The number of Topliss-reactive ketones (excluding diaryl/α,β-unsaturated/α-hetero) is 2. The van der Waals surface area contributed by atoms with Crippen molar-refractivity contribution in [3.8, 4) is 0 Å². The zero-order chi connectivity index (χ0) is 22.9. The number of aliphatic hydroxyl groups is 1. The van der Waals surface area contributed by atoms with E-state index < -0.39 is 42.5 Å². The molecule has 0 unspecified atom stereocenters. The van der Waals surface area contributed by atoms with Crippen LogP contribution in [-0.4, -0.2) is 37.4 Å². The summed E-state index contributed by atoms with van der Waals surface area (Å²) in [6.07, 6.45) is 6.93. The minimum atomic E-state index is -2.99. The van der Waals surface area contributed by atoms with Crippen LogP contribution >= 0.6 is 0 Å². The summed E-state index contributed by atoms with van der Waals surface area (Å²) >= 11 is 0. The van der Waals surface area contributed by atoms with E-state index in [1.54, 1.807) is 0 Å². The zero-order valence-corrected chi connectivity index (χ0v) is 14.2. The molecular weight excluding hydrogens is 308 g/mol. The highest BCUT2D eigenvalue weighted by molar-refractivity contribution is 6.23.